The molecule has 0 aliphatic carbocycles. The predicted molar refractivity (Wildman–Crippen MR) is 139 cm³/mol. The maximum absolute atomic E-state index is 13.4. The van der Waals surface area contributed by atoms with Crippen molar-refractivity contribution in [1.29, 1.82) is 0 Å². The molecule has 1 amide bonds. The van der Waals surface area contributed by atoms with Gasteiger partial charge in [0.15, 0.2) is 0 Å². The third kappa shape index (κ3) is 5.22. The zero-order chi connectivity index (χ0) is 25.9. The van der Waals surface area contributed by atoms with E-state index >= 15 is 0 Å². The number of benzene rings is 2. The largest absolute Gasteiger partial charge is 0.507 e. The van der Waals surface area contributed by atoms with Crippen molar-refractivity contribution in [2.24, 2.45) is 0 Å². The first kappa shape index (κ1) is 25.3. The van der Waals surface area contributed by atoms with Crippen LogP contribution in [0.1, 0.15) is 43.0 Å². The Hall–Kier alpha value is -3.36. The summed E-state index contributed by atoms with van der Waals surface area (Å²) in [6.45, 7) is 8.74. The first-order valence-corrected chi connectivity index (χ1v) is 13.1. The summed E-state index contributed by atoms with van der Waals surface area (Å²) in [6.07, 6.45) is 1.50. The number of nitrogens with zero attached hydrogens (tertiary/aromatic N) is 2. The van der Waals surface area contributed by atoms with Gasteiger partial charge < -0.3 is 24.2 Å². The van der Waals surface area contributed by atoms with Crippen LogP contribution in [0.3, 0.4) is 0 Å². The Bertz CT molecular complexity index is 1200. The topological polar surface area (TPSA) is 88.5 Å². The molecule has 196 valence electrons. The quantitative estimate of drug-likeness (QED) is 0.333. The van der Waals surface area contributed by atoms with Gasteiger partial charge in [-0.2, -0.15) is 0 Å². The number of aliphatic hydroxyl groups excluding tert-OH is 1. The van der Waals surface area contributed by atoms with Crippen LogP contribution in [-0.2, 0) is 20.7 Å². The zero-order valence-electron chi connectivity index (χ0n) is 21.4. The predicted octanol–water partition coefficient (Wildman–Crippen LogP) is 3.55. The molecule has 5 rings (SSSR count). The summed E-state index contributed by atoms with van der Waals surface area (Å²) >= 11 is 0. The third-order valence-corrected chi connectivity index (χ3v) is 7.17. The van der Waals surface area contributed by atoms with Crippen molar-refractivity contribution in [3.05, 3.63) is 64.7 Å². The summed E-state index contributed by atoms with van der Waals surface area (Å²) in [5.74, 6) is 0.0219. The third-order valence-electron chi connectivity index (χ3n) is 7.17. The summed E-state index contributed by atoms with van der Waals surface area (Å²) < 4.78 is 16.9. The van der Waals surface area contributed by atoms with Crippen LogP contribution in [0.4, 0.5) is 0 Å². The molecule has 8 nitrogen and oxygen atoms in total. The molecule has 0 spiro atoms. The number of carbonyl (C=O) groups excluding carboxylic acids is 2. The fourth-order valence-corrected chi connectivity index (χ4v) is 5.41. The van der Waals surface area contributed by atoms with Crippen LogP contribution < -0.4 is 9.47 Å². The van der Waals surface area contributed by atoms with Gasteiger partial charge in [0.2, 0.25) is 0 Å². The first-order chi connectivity index (χ1) is 18.0. The molecule has 2 aromatic carbocycles. The van der Waals surface area contributed by atoms with E-state index in [1.165, 1.54) is 0 Å². The second-order valence-corrected chi connectivity index (χ2v) is 9.76. The van der Waals surface area contributed by atoms with Crippen molar-refractivity contribution in [3.8, 4) is 11.5 Å². The SMILES string of the molecule is CCOc1cccc(C2/C(=C(\O)c3ccc4c(c3)CC(C)O4)C(=O)C(=O)N2CCCN2CCOCC2)c1. The minimum atomic E-state index is -0.700. The first-order valence-electron chi connectivity index (χ1n) is 13.1. The van der Waals surface area contributed by atoms with Crippen LogP contribution in [0, 0.1) is 0 Å². The molecule has 1 N–H and O–H groups in total. The summed E-state index contributed by atoms with van der Waals surface area (Å²) in [5, 5.41) is 11.4. The van der Waals surface area contributed by atoms with E-state index in [9.17, 15) is 14.7 Å². The molecule has 3 aliphatic heterocycles. The number of hydrogen-bond donors (Lipinski definition) is 1. The number of fused-ring (bicyclic) bond motifs is 1. The summed E-state index contributed by atoms with van der Waals surface area (Å²) in [5.41, 5.74) is 2.33. The second kappa shape index (κ2) is 10.9. The van der Waals surface area contributed by atoms with Gasteiger partial charge in [0.1, 0.15) is 23.4 Å². The summed E-state index contributed by atoms with van der Waals surface area (Å²) in [7, 11) is 0. The molecule has 2 aromatic rings. The Morgan fingerprint density at radius 3 is 2.70 bits per heavy atom. The van der Waals surface area contributed by atoms with E-state index in [1.807, 2.05) is 50.2 Å². The van der Waals surface area contributed by atoms with Gasteiger partial charge in [-0.15, -0.1) is 0 Å². The fourth-order valence-electron chi connectivity index (χ4n) is 5.41. The van der Waals surface area contributed by atoms with Gasteiger partial charge >= 0.3 is 0 Å². The number of carbonyl (C=O) groups is 2. The van der Waals surface area contributed by atoms with E-state index in [4.69, 9.17) is 14.2 Å². The number of ketones is 1. The highest BCUT2D eigenvalue weighted by Gasteiger charge is 2.46. The van der Waals surface area contributed by atoms with E-state index in [1.54, 1.807) is 11.0 Å². The normalized spacial score (nSPS) is 23.2. The number of amides is 1. The standard InChI is InChI=1S/C29H34N2O6/c1-3-36-23-7-4-6-20(18-23)26-25(27(32)21-8-9-24-22(17-21)16-19(2)37-24)28(33)29(34)31(26)11-5-10-30-12-14-35-15-13-30/h4,6-9,17-19,26,32H,3,5,10-16H2,1-2H3/b27-25+. The number of ether oxygens (including phenoxy) is 3. The van der Waals surface area contributed by atoms with Crippen LogP contribution in [0.2, 0.25) is 0 Å². The zero-order valence-corrected chi connectivity index (χ0v) is 21.4. The average molecular weight is 507 g/mol. The minimum Gasteiger partial charge on any atom is -0.507 e. The number of rotatable bonds is 8. The van der Waals surface area contributed by atoms with E-state index in [2.05, 4.69) is 4.90 Å². The lowest BCUT2D eigenvalue weighted by Crippen LogP contribution is -2.38. The van der Waals surface area contributed by atoms with Crippen molar-refractivity contribution in [3.63, 3.8) is 0 Å². The fraction of sp³-hybridized carbons (Fsp3) is 0.448. The van der Waals surface area contributed by atoms with Gasteiger partial charge in [-0.05, 0) is 61.7 Å². The molecule has 2 saturated heterocycles. The van der Waals surface area contributed by atoms with Crippen LogP contribution in [-0.4, -0.2) is 78.7 Å². The van der Waals surface area contributed by atoms with Crippen molar-refractivity contribution in [2.75, 3.05) is 46.0 Å². The molecular weight excluding hydrogens is 472 g/mol. The van der Waals surface area contributed by atoms with E-state index < -0.39 is 17.7 Å². The van der Waals surface area contributed by atoms with Crippen molar-refractivity contribution in [1.82, 2.24) is 9.80 Å². The van der Waals surface area contributed by atoms with Crippen LogP contribution in [0.15, 0.2) is 48.0 Å². The molecule has 8 heteroatoms. The summed E-state index contributed by atoms with van der Waals surface area (Å²) in [6, 6.07) is 12.1. The smallest absolute Gasteiger partial charge is 0.295 e. The second-order valence-electron chi connectivity index (χ2n) is 9.76. The van der Waals surface area contributed by atoms with E-state index in [0.29, 0.717) is 44.1 Å². The number of aliphatic hydroxyl groups is 1. The van der Waals surface area contributed by atoms with Crippen LogP contribution in [0.25, 0.3) is 5.76 Å². The molecule has 37 heavy (non-hydrogen) atoms. The van der Waals surface area contributed by atoms with Crippen molar-refractivity contribution >= 4 is 17.4 Å². The monoisotopic (exact) mass is 506 g/mol. The molecule has 0 saturated carbocycles. The van der Waals surface area contributed by atoms with E-state index in [-0.39, 0.29) is 17.4 Å². The van der Waals surface area contributed by atoms with Gasteiger partial charge in [-0.25, -0.2) is 0 Å². The maximum Gasteiger partial charge on any atom is 0.295 e. The lowest BCUT2D eigenvalue weighted by atomic mass is 9.94. The number of hydrogen-bond acceptors (Lipinski definition) is 7. The molecule has 2 fully saturated rings. The Morgan fingerprint density at radius 2 is 1.92 bits per heavy atom. The minimum absolute atomic E-state index is 0.0609. The molecule has 0 aromatic heterocycles. The average Bonchev–Trinajstić information content (AvgIpc) is 3.40. The van der Waals surface area contributed by atoms with Crippen molar-refractivity contribution in [2.45, 2.75) is 38.8 Å². The van der Waals surface area contributed by atoms with Gasteiger partial charge in [0, 0.05) is 38.2 Å². The van der Waals surface area contributed by atoms with Crippen LogP contribution in [0.5, 0.6) is 11.5 Å². The maximum atomic E-state index is 13.4. The number of morpholine rings is 1. The van der Waals surface area contributed by atoms with Gasteiger partial charge in [0.25, 0.3) is 11.7 Å². The molecule has 2 unspecified atom stereocenters. The van der Waals surface area contributed by atoms with Crippen molar-refractivity contribution < 1.29 is 28.9 Å². The Kier molecular flexibility index (Phi) is 7.48. The van der Waals surface area contributed by atoms with Crippen LogP contribution >= 0.6 is 0 Å². The van der Waals surface area contributed by atoms with E-state index in [0.717, 1.165) is 42.9 Å². The number of likely N-dealkylation sites (tertiary alicyclic amines) is 1. The highest BCUT2D eigenvalue weighted by molar-refractivity contribution is 6.46. The highest BCUT2D eigenvalue weighted by atomic mass is 16.5. The lowest BCUT2D eigenvalue weighted by Gasteiger charge is -2.29. The molecular formula is C29H34N2O6. The molecule has 0 bridgehead atoms. The Labute approximate surface area is 217 Å². The van der Waals surface area contributed by atoms with Gasteiger partial charge in [-0.3, -0.25) is 14.5 Å². The molecule has 0 radical (unpaired) electrons. The Balaban J connectivity index is 1.49. The van der Waals surface area contributed by atoms with Gasteiger partial charge in [0.05, 0.1) is 31.4 Å². The number of Topliss-reactive ketones (excluding diaryl/α,β-unsaturated/α-hetero) is 1. The lowest BCUT2D eigenvalue weighted by molar-refractivity contribution is -0.140. The molecule has 3 aliphatic rings. The highest BCUT2D eigenvalue weighted by Crippen LogP contribution is 2.41. The molecule has 3 heterocycles. The molecule has 2 atom stereocenters. The summed E-state index contributed by atoms with van der Waals surface area (Å²) in [4.78, 5) is 30.6. The Morgan fingerprint density at radius 1 is 1.11 bits per heavy atom. The van der Waals surface area contributed by atoms with Gasteiger partial charge in [-0.1, -0.05) is 12.1 Å².